The number of hydrogen-bond donors (Lipinski definition) is 0. The third-order valence-corrected chi connectivity index (χ3v) is 6.57. The normalized spacial score (nSPS) is 18.5. The lowest BCUT2D eigenvalue weighted by Crippen LogP contribution is -2.48. The molecule has 3 heteroatoms. The number of likely N-dealkylation sites (tertiary alicyclic amines) is 1. The van der Waals surface area contributed by atoms with Crippen LogP contribution in [-0.4, -0.2) is 43.7 Å². The molecule has 1 unspecified atom stereocenters. The van der Waals surface area contributed by atoms with Gasteiger partial charge in [-0.1, -0.05) is 103 Å². The summed E-state index contributed by atoms with van der Waals surface area (Å²) in [4.78, 5) is 12.2. The molecule has 1 aliphatic heterocycles. The van der Waals surface area contributed by atoms with Crippen LogP contribution >= 0.6 is 0 Å². The van der Waals surface area contributed by atoms with Crippen LogP contribution in [0.4, 0.5) is 0 Å². The van der Waals surface area contributed by atoms with E-state index in [0.717, 1.165) is 30.3 Å². The Morgan fingerprint density at radius 2 is 1.18 bits per heavy atom. The van der Waals surface area contributed by atoms with Gasteiger partial charge in [-0.15, -0.1) is 0 Å². The van der Waals surface area contributed by atoms with Crippen LogP contribution in [0.25, 0.3) is 0 Å². The Morgan fingerprint density at radius 3 is 1.57 bits per heavy atom. The second kappa shape index (κ2) is 16.3. The highest BCUT2D eigenvalue weighted by Gasteiger charge is 2.40. The van der Waals surface area contributed by atoms with E-state index in [-0.39, 0.29) is 12.0 Å². The first-order chi connectivity index (χ1) is 13.6. The van der Waals surface area contributed by atoms with Crippen molar-refractivity contribution in [3.8, 4) is 0 Å². The van der Waals surface area contributed by atoms with Crippen LogP contribution in [0.2, 0.25) is 0 Å². The second-order valence-corrected chi connectivity index (χ2v) is 9.63. The zero-order valence-electron chi connectivity index (χ0n) is 19.5. The standard InChI is InChI=1S/C25H50NO2/c1-4-5-6-7-8-9-10-11-12-13-14-15-16-17-18-19-23-28-25(27)24-21-20-22-26(24,2)3/h24H,4-23H2,1-3H3/q+1. The summed E-state index contributed by atoms with van der Waals surface area (Å²) in [6, 6.07) is 0.0704. The van der Waals surface area contributed by atoms with Crippen LogP contribution in [0.15, 0.2) is 0 Å². The molecule has 1 atom stereocenters. The van der Waals surface area contributed by atoms with Crippen LogP contribution in [0.3, 0.4) is 0 Å². The van der Waals surface area contributed by atoms with Crippen molar-refractivity contribution in [2.75, 3.05) is 27.2 Å². The lowest BCUT2D eigenvalue weighted by atomic mass is 10.0. The van der Waals surface area contributed by atoms with Crippen molar-refractivity contribution >= 4 is 5.97 Å². The molecule has 28 heavy (non-hydrogen) atoms. The van der Waals surface area contributed by atoms with Crippen LogP contribution in [0.1, 0.15) is 122 Å². The molecular weight excluding hydrogens is 346 g/mol. The van der Waals surface area contributed by atoms with Gasteiger partial charge in [-0.05, 0) is 6.42 Å². The molecule has 3 nitrogen and oxygen atoms in total. The van der Waals surface area contributed by atoms with E-state index in [1.807, 2.05) is 0 Å². The van der Waals surface area contributed by atoms with E-state index < -0.39 is 0 Å². The number of carbonyl (C=O) groups is 1. The number of carbonyl (C=O) groups excluding carboxylic acids is 1. The van der Waals surface area contributed by atoms with Gasteiger partial charge in [0.25, 0.3) is 0 Å². The molecule has 0 saturated carbocycles. The molecule has 0 N–H and O–H groups in total. The van der Waals surface area contributed by atoms with Crippen molar-refractivity contribution in [3.63, 3.8) is 0 Å². The fraction of sp³-hybridized carbons (Fsp3) is 0.960. The zero-order chi connectivity index (χ0) is 20.5. The van der Waals surface area contributed by atoms with Gasteiger partial charge in [0.15, 0.2) is 6.04 Å². The molecular formula is C25H50NO2+. The zero-order valence-corrected chi connectivity index (χ0v) is 19.5. The van der Waals surface area contributed by atoms with Crippen molar-refractivity contribution in [1.82, 2.24) is 0 Å². The van der Waals surface area contributed by atoms with Crippen molar-refractivity contribution < 1.29 is 14.0 Å². The molecule has 0 spiro atoms. The van der Waals surface area contributed by atoms with Gasteiger partial charge in [0.2, 0.25) is 0 Å². The SMILES string of the molecule is CCCCCCCCCCCCCCCCCCOC(=O)C1CCC[N+]1(C)C. The maximum atomic E-state index is 12.2. The molecule has 0 radical (unpaired) electrons. The van der Waals surface area contributed by atoms with Crippen LogP contribution in [-0.2, 0) is 9.53 Å². The maximum Gasteiger partial charge on any atom is 0.364 e. The number of ether oxygens (including phenoxy) is 1. The lowest BCUT2D eigenvalue weighted by molar-refractivity contribution is -0.893. The number of nitrogens with zero attached hydrogens (tertiary/aromatic N) is 1. The lowest BCUT2D eigenvalue weighted by Gasteiger charge is -2.29. The van der Waals surface area contributed by atoms with Gasteiger partial charge in [0.05, 0.1) is 27.2 Å². The molecule has 1 saturated heterocycles. The summed E-state index contributed by atoms with van der Waals surface area (Å²) < 4.78 is 6.33. The molecule has 0 bridgehead atoms. The van der Waals surface area contributed by atoms with E-state index in [0.29, 0.717) is 6.61 Å². The number of quaternary nitrogens is 1. The predicted molar refractivity (Wildman–Crippen MR) is 121 cm³/mol. The molecule has 0 aliphatic carbocycles. The minimum absolute atomic E-state index is 0.0310. The molecule has 0 aromatic carbocycles. The predicted octanol–water partition coefficient (Wildman–Crippen LogP) is 7.03. The summed E-state index contributed by atoms with van der Waals surface area (Å²) in [7, 11) is 4.29. The molecule has 0 aromatic rings. The number of hydrogen-bond acceptors (Lipinski definition) is 2. The Morgan fingerprint density at radius 1 is 0.750 bits per heavy atom. The monoisotopic (exact) mass is 396 g/mol. The minimum atomic E-state index is 0.0310. The van der Waals surface area contributed by atoms with Crippen molar-refractivity contribution in [1.29, 1.82) is 0 Å². The molecule has 1 fully saturated rings. The summed E-state index contributed by atoms with van der Waals surface area (Å²) in [5.74, 6) is 0.0310. The third-order valence-electron chi connectivity index (χ3n) is 6.57. The van der Waals surface area contributed by atoms with Gasteiger partial charge in [0.1, 0.15) is 0 Å². The average molecular weight is 397 g/mol. The second-order valence-electron chi connectivity index (χ2n) is 9.63. The van der Waals surface area contributed by atoms with E-state index in [4.69, 9.17) is 4.74 Å². The fourth-order valence-corrected chi connectivity index (χ4v) is 4.52. The van der Waals surface area contributed by atoms with E-state index in [2.05, 4.69) is 21.0 Å². The number of rotatable bonds is 18. The van der Waals surface area contributed by atoms with E-state index in [1.54, 1.807) is 0 Å². The Bertz CT molecular complexity index is 381. The average Bonchev–Trinajstić information content (AvgIpc) is 3.03. The topological polar surface area (TPSA) is 26.3 Å². The molecule has 0 aromatic heterocycles. The van der Waals surface area contributed by atoms with Gasteiger partial charge in [-0.2, -0.15) is 0 Å². The summed E-state index contributed by atoms with van der Waals surface area (Å²) >= 11 is 0. The quantitative estimate of drug-likeness (QED) is 0.141. The van der Waals surface area contributed by atoms with Crippen LogP contribution in [0.5, 0.6) is 0 Å². The largest absolute Gasteiger partial charge is 0.461 e. The molecule has 1 rings (SSSR count). The number of esters is 1. The summed E-state index contributed by atoms with van der Waals surface area (Å²) in [6.07, 6.45) is 24.1. The summed E-state index contributed by atoms with van der Waals surface area (Å²) in [6.45, 7) is 4.00. The smallest absolute Gasteiger partial charge is 0.364 e. The van der Waals surface area contributed by atoms with Gasteiger partial charge >= 0.3 is 5.97 Å². The van der Waals surface area contributed by atoms with Gasteiger partial charge in [-0.25, -0.2) is 4.79 Å². The Kier molecular flexibility index (Phi) is 14.8. The molecule has 0 amide bonds. The van der Waals surface area contributed by atoms with Gasteiger partial charge in [0, 0.05) is 12.8 Å². The fourth-order valence-electron chi connectivity index (χ4n) is 4.52. The molecule has 1 aliphatic rings. The molecule has 166 valence electrons. The van der Waals surface area contributed by atoms with Crippen molar-refractivity contribution in [2.45, 2.75) is 129 Å². The minimum Gasteiger partial charge on any atom is -0.461 e. The van der Waals surface area contributed by atoms with E-state index in [9.17, 15) is 4.79 Å². The molecule has 1 heterocycles. The number of unbranched alkanes of at least 4 members (excludes halogenated alkanes) is 15. The first-order valence-electron chi connectivity index (χ1n) is 12.6. The summed E-state index contributed by atoms with van der Waals surface area (Å²) in [5, 5.41) is 0. The highest BCUT2D eigenvalue weighted by Crippen LogP contribution is 2.23. The van der Waals surface area contributed by atoms with Crippen molar-refractivity contribution in [3.05, 3.63) is 0 Å². The maximum absolute atomic E-state index is 12.2. The van der Waals surface area contributed by atoms with E-state index >= 15 is 0 Å². The number of likely N-dealkylation sites (N-methyl/N-ethyl adjacent to an activating group) is 1. The van der Waals surface area contributed by atoms with Crippen LogP contribution < -0.4 is 0 Å². The Labute approximate surface area is 176 Å². The Hall–Kier alpha value is -0.570. The van der Waals surface area contributed by atoms with Gasteiger partial charge in [-0.3, -0.25) is 0 Å². The highest BCUT2D eigenvalue weighted by atomic mass is 16.5. The Balaban J connectivity index is 1.77. The van der Waals surface area contributed by atoms with Crippen LogP contribution in [0, 0.1) is 0 Å². The van der Waals surface area contributed by atoms with E-state index in [1.165, 1.54) is 96.3 Å². The first-order valence-corrected chi connectivity index (χ1v) is 12.6. The first kappa shape index (κ1) is 25.5. The highest BCUT2D eigenvalue weighted by molar-refractivity contribution is 5.74. The summed E-state index contributed by atoms with van der Waals surface area (Å²) in [5.41, 5.74) is 0. The third kappa shape index (κ3) is 12.1. The van der Waals surface area contributed by atoms with Crippen molar-refractivity contribution in [2.24, 2.45) is 0 Å². The van der Waals surface area contributed by atoms with Gasteiger partial charge < -0.3 is 9.22 Å².